The number of furan rings is 1. The van der Waals surface area contributed by atoms with E-state index in [9.17, 15) is 14.3 Å². The molecular weight excluding hydrogens is 265 g/mol. The van der Waals surface area contributed by atoms with Gasteiger partial charge in [-0.15, -0.1) is 0 Å². The number of amides is 1. The number of halogens is 1. The summed E-state index contributed by atoms with van der Waals surface area (Å²) >= 11 is 0. The van der Waals surface area contributed by atoms with Gasteiger partial charge in [-0.25, -0.2) is 4.39 Å². The molecule has 0 fully saturated rings. The molecule has 0 aliphatic heterocycles. The summed E-state index contributed by atoms with van der Waals surface area (Å²) in [5, 5.41) is 12.3. The lowest BCUT2D eigenvalue weighted by Gasteiger charge is -2.10. The van der Waals surface area contributed by atoms with Gasteiger partial charge in [0.1, 0.15) is 11.9 Å². The summed E-state index contributed by atoms with van der Waals surface area (Å²) in [5.74, 6) is -0.625. The summed E-state index contributed by atoms with van der Waals surface area (Å²) in [4.78, 5) is 11.9. The van der Waals surface area contributed by atoms with Crippen molar-refractivity contribution in [3.05, 3.63) is 53.7 Å². The summed E-state index contributed by atoms with van der Waals surface area (Å²) < 4.78 is 23.0. The number of hydrogen-bond donors (Lipinski definition) is 2. The number of carbonyl (C=O) groups is 1. The third-order valence-corrected chi connectivity index (χ3v) is 2.74. The van der Waals surface area contributed by atoms with Crippen LogP contribution in [-0.2, 0) is 0 Å². The van der Waals surface area contributed by atoms with Crippen LogP contribution in [0.1, 0.15) is 22.2 Å². The molecule has 2 N–H and O–H groups in total. The van der Waals surface area contributed by atoms with E-state index in [0.717, 1.165) is 6.07 Å². The quantitative estimate of drug-likeness (QED) is 0.876. The zero-order valence-electron chi connectivity index (χ0n) is 10.8. The van der Waals surface area contributed by atoms with Gasteiger partial charge in [0, 0.05) is 5.56 Å². The number of carbonyl (C=O) groups excluding carboxylic acids is 1. The van der Waals surface area contributed by atoms with Crippen LogP contribution in [0.2, 0.25) is 0 Å². The number of aliphatic hydroxyl groups is 1. The van der Waals surface area contributed by atoms with Crippen LogP contribution in [0.3, 0.4) is 0 Å². The van der Waals surface area contributed by atoms with Crippen LogP contribution in [0.5, 0.6) is 5.75 Å². The average Bonchev–Trinajstić information content (AvgIpc) is 2.99. The topological polar surface area (TPSA) is 71.7 Å². The molecule has 0 saturated carbocycles. The number of ether oxygens (including phenoxy) is 1. The average molecular weight is 279 g/mol. The summed E-state index contributed by atoms with van der Waals surface area (Å²) in [6.07, 6.45) is 0.502. The third-order valence-electron chi connectivity index (χ3n) is 2.74. The van der Waals surface area contributed by atoms with E-state index in [-0.39, 0.29) is 17.9 Å². The number of hydrogen-bond acceptors (Lipinski definition) is 4. The van der Waals surface area contributed by atoms with Crippen molar-refractivity contribution in [1.82, 2.24) is 5.32 Å². The Morgan fingerprint density at radius 3 is 2.95 bits per heavy atom. The third kappa shape index (κ3) is 3.16. The zero-order chi connectivity index (χ0) is 14.5. The first-order valence-electron chi connectivity index (χ1n) is 5.95. The highest BCUT2D eigenvalue weighted by Crippen LogP contribution is 2.18. The van der Waals surface area contributed by atoms with E-state index in [2.05, 4.69) is 5.32 Å². The van der Waals surface area contributed by atoms with E-state index >= 15 is 0 Å². The van der Waals surface area contributed by atoms with Gasteiger partial charge in [0.15, 0.2) is 11.6 Å². The maximum atomic E-state index is 13.2. The Morgan fingerprint density at radius 2 is 2.30 bits per heavy atom. The molecule has 20 heavy (non-hydrogen) atoms. The standard InChI is InChI=1S/C14H14FNO4/c1-19-13-7-9(4-5-10(13)15)14(18)16-8-11(17)12-3-2-6-20-12/h2-7,11,17H,8H2,1H3,(H,16,18). The minimum atomic E-state index is -0.934. The highest BCUT2D eigenvalue weighted by atomic mass is 19.1. The molecule has 106 valence electrons. The summed E-state index contributed by atoms with van der Waals surface area (Å²) in [6.45, 7) is -0.00790. The van der Waals surface area contributed by atoms with E-state index in [1.807, 2.05) is 0 Å². The lowest BCUT2D eigenvalue weighted by molar-refractivity contribution is 0.0900. The first-order chi connectivity index (χ1) is 9.61. The summed E-state index contributed by atoms with van der Waals surface area (Å²) in [6, 6.07) is 7.04. The van der Waals surface area contributed by atoms with E-state index in [4.69, 9.17) is 9.15 Å². The highest BCUT2D eigenvalue weighted by molar-refractivity contribution is 5.94. The molecule has 1 unspecified atom stereocenters. The van der Waals surface area contributed by atoms with Crippen molar-refractivity contribution < 1.29 is 23.4 Å². The maximum Gasteiger partial charge on any atom is 0.251 e. The molecule has 1 heterocycles. The van der Waals surface area contributed by atoms with Crippen molar-refractivity contribution in [2.45, 2.75) is 6.10 Å². The molecule has 0 aliphatic carbocycles. The Kier molecular flexibility index (Phi) is 4.37. The van der Waals surface area contributed by atoms with Crippen molar-refractivity contribution in [1.29, 1.82) is 0 Å². The maximum absolute atomic E-state index is 13.2. The Balaban J connectivity index is 1.98. The molecule has 5 nitrogen and oxygen atoms in total. The zero-order valence-corrected chi connectivity index (χ0v) is 10.8. The van der Waals surface area contributed by atoms with Gasteiger partial charge in [-0.05, 0) is 30.3 Å². The fourth-order valence-electron chi connectivity index (χ4n) is 1.67. The van der Waals surface area contributed by atoms with Crippen LogP contribution in [0, 0.1) is 5.82 Å². The molecule has 0 aliphatic rings. The second-order valence-electron chi connectivity index (χ2n) is 4.09. The van der Waals surface area contributed by atoms with Crippen molar-refractivity contribution in [3.8, 4) is 5.75 Å². The molecule has 2 rings (SSSR count). The van der Waals surface area contributed by atoms with Gasteiger partial charge >= 0.3 is 0 Å². The van der Waals surface area contributed by atoms with Crippen molar-refractivity contribution in [2.24, 2.45) is 0 Å². The highest BCUT2D eigenvalue weighted by Gasteiger charge is 2.14. The Labute approximate surface area is 115 Å². The van der Waals surface area contributed by atoms with E-state index in [0.29, 0.717) is 5.76 Å². The molecule has 6 heteroatoms. The molecule has 2 aromatic rings. The SMILES string of the molecule is COc1cc(C(=O)NCC(O)c2ccco2)ccc1F. The molecule has 0 radical (unpaired) electrons. The largest absolute Gasteiger partial charge is 0.494 e. The lowest BCUT2D eigenvalue weighted by Crippen LogP contribution is -2.28. The lowest BCUT2D eigenvalue weighted by atomic mass is 10.2. The Bertz CT molecular complexity index is 583. The first-order valence-corrected chi connectivity index (χ1v) is 5.95. The van der Waals surface area contributed by atoms with Crippen LogP contribution in [-0.4, -0.2) is 24.7 Å². The van der Waals surface area contributed by atoms with Gasteiger partial charge in [-0.1, -0.05) is 0 Å². The predicted molar refractivity (Wildman–Crippen MR) is 69.0 cm³/mol. The van der Waals surface area contributed by atoms with Gasteiger partial charge in [0.25, 0.3) is 5.91 Å². The Hall–Kier alpha value is -2.34. The number of aliphatic hydroxyl groups excluding tert-OH is 1. The molecule has 0 saturated heterocycles. The van der Waals surface area contributed by atoms with Crippen molar-refractivity contribution >= 4 is 5.91 Å². The van der Waals surface area contributed by atoms with Gasteiger partial charge in [-0.2, -0.15) is 0 Å². The smallest absolute Gasteiger partial charge is 0.251 e. The van der Waals surface area contributed by atoms with Crippen molar-refractivity contribution in [3.63, 3.8) is 0 Å². The molecule has 1 amide bonds. The second-order valence-corrected chi connectivity index (χ2v) is 4.09. The van der Waals surface area contributed by atoms with Crippen LogP contribution >= 0.6 is 0 Å². The van der Waals surface area contributed by atoms with E-state index in [1.165, 1.54) is 25.5 Å². The van der Waals surface area contributed by atoms with E-state index < -0.39 is 17.8 Å². The molecule has 1 aromatic heterocycles. The monoisotopic (exact) mass is 279 g/mol. The van der Waals surface area contributed by atoms with Crippen LogP contribution in [0.15, 0.2) is 41.0 Å². The minimum absolute atomic E-state index is 0.00790. The van der Waals surface area contributed by atoms with Gasteiger partial charge in [0.05, 0.1) is 19.9 Å². The second kappa shape index (κ2) is 6.21. The molecular formula is C14H14FNO4. The Morgan fingerprint density at radius 1 is 1.50 bits per heavy atom. The summed E-state index contributed by atoms with van der Waals surface area (Å²) in [5.41, 5.74) is 0.245. The molecule has 1 atom stereocenters. The number of rotatable bonds is 5. The van der Waals surface area contributed by atoms with Gasteiger partial charge in [-0.3, -0.25) is 4.79 Å². The van der Waals surface area contributed by atoms with Crippen LogP contribution in [0.25, 0.3) is 0 Å². The van der Waals surface area contributed by atoms with Gasteiger partial charge < -0.3 is 19.6 Å². The predicted octanol–water partition coefficient (Wildman–Crippen LogP) is 1.89. The fourth-order valence-corrected chi connectivity index (χ4v) is 1.67. The number of benzene rings is 1. The summed E-state index contributed by atoms with van der Waals surface area (Å²) in [7, 11) is 1.32. The van der Waals surface area contributed by atoms with Crippen LogP contribution in [0.4, 0.5) is 4.39 Å². The van der Waals surface area contributed by atoms with Gasteiger partial charge in [0.2, 0.25) is 0 Å². The molecule has 1 aromatic carbocycles. The number of nitrogens with one attached hydrogen (secondary N) is 1. The molecule has 0 bridgehead atoms. The van der Waals surface area contributed by atoms with E-state index in [1.54, 1.807) is 12.1 Å². The fraction of sp³-hybridized carbons (Fsp3) is 0.214. The number of methoxy groups -OCH3 is 1. The first kappa shape index (κ1) is 14.1. The van der Waals surface area contributed by atoms with Crippen LogP contribution < -0.4 is 10.1 Å². The minimum Gasteiger partial charge on any atom is -0.494 e. The van der Waals surface area contributed by atoms with Crippen molar-refractivity contribution in [2.75, 3.05) is 13.7 Å². The normalized spacial score (nSPS) is 11.9. The molecule has 0 spiro atoms.